The normalized spacial score (nSPS) is 10.6. The van der Waals surface area contributed by atoms with Crippen molar-refractivity contribution in [1.29, 1.82) is 0 Å². The first kappa shape index (κ1) is 8.00. The average Bonchev–Trinajstić information content (AvgIpc) is 2.31. The second-order valence-corrected chi connectivity index (χ2v) is 2.59. The summed E-state index contributed by atoms with van der Waals surface area (Å²) in [6.07, 6.45) is 3.55. The summed E-state index contributed by atoms with van der Waals surface area (Å²) in [4.78, 5) is 9.32. The van der Waals surface area contributed by atoms with E-state index in [0.717, 1.165) is 6.20 Å². The Morgan fingerprint density at radius 2 is 2.45 bits per heavy atom. The Hall–Kier alpha value is -1.10. The third kappa shape index (κ3) is 2.19. The van der Waals surface area contributed by atoms with Crippen molar-refractivity contribution in [3.8, 4) is 0 Å². The lowest BCUT2D eigenvalue weighted by Crippen LogP contribution is -1.81. The van der Waals surface area contributed by atoms with Crippen LogP contribution in [0.4, 0.5) is 0 Å². The van der Waals surface area contributed by atoms with E-state index in [4.69, 9.17) is 4.42 Å². The van der Waals surface area contributed by atoms with Crippen LogP contribution in [0.3, 0.4) is 0 Å². The lowest BCUT2D eigenvalue weighted by atomic mass is 10.4. The van der Waals surface area contributed by atoms with E-state index in [1.54, 1.807) is 6.07 Å². The van der Waals surface area contributed by atoms with Gasteiger partial charge in [-0.15, -0.1) is 0 Å². The Kier molecular flexibility index (Phi) is 2.43. The zero-order valence-corrected chi connectivity index (χ0v) is 6.95. The van der Waals surface area contributed by atoms with Crippen LogP contribution in [0.1, 0.15) is 5.76 Å². The molecule has 0 saturated carbocycles. The first-order valence-electron chi connectivity index (χ1n) is 2.75. The molecule has 0 aliphatic heterocycles. The van der Waals surface area contributed by atoms with Gasteiger partial charge in [0.1, 0.15) is 5.76 Å². The number of rotatable bonds is 2. The van der Waals surface area contributed by atoms with Gasteiger partial charge in [-0.05, 0) is 22.0 Å². The van der Waals surface area contributed by atoms with E-state index >= 15 is 0 Å². The molecule has 5 heteroatoms. The number of hydrogen-bond donors (Lipinski definition) is 0. The minimum absolute atomic E-state index is 0.446. The van der Waals surface area contributed by atoms with E-state index in [-0.39, 0.29) is 0 Å². The van der Waals surface area contributed by atoms with Gasteiger partial charge in [-0.1, -0.05) is 0 Å². The topological polar surface area (TPSA) is 56.3 Å². The molecule has 0 spiro atoms. The summed E-state index contributed by atoms with van der Waals surface area (Å²) in [5.41, 5.74) is 0. The van der Waals surface area contributed by atoms with Crippen LogP contribution >= 0.6 is 15.9 Å². The van der Waals surface area contributed by atoms with E-state index in [0.29, 0.717) is 10.2 Å². The number of halogens is 1. The van der Waals surface area contributed by atoms with Gasteiger partial charge in [0, 0.05) is 0 Å². The molecule has 0 saturated heterocycles. The van der Waals surface area contributed by atoms with Crippen LogP contribution in [0.25, 0.3) is 6.08 Å². The molecule has 1 aromatic heterocycles. The highest BCUT2D eigenvalue weighted by atomic mass is 79.9. The molecule has 0 aliphatic carbocycles. The molecule has 0 atom stereocenters. The molecule has 0 N–H and O–H groups in total. The third-order valence-corrected chi connectivity index (χ3v) is 1.65. The first-order valence-corrected chi connectivity index (χ1v) is 3.54. The molecule has 0 bridgehead atoms. The molecule has 1 aromatic rings. The number of nitrogens with zero attached hydrogens (tertiary/aromatic N) is 1. The Morgan fingerprint density at radius 3 is 2.91 bits per heavy atom. The molecule has 0 aromatic carbocycles. The van der Waals surface area contributed by atoms with Crippen LogP contribution in [-0.4, -0.2) is 4.92 Å². The van der Waals surface area contributed by atoms with Gasteiger partial charge in [0.2, 0.25) is 6.20 Å². The van der Waals surface area contributed by atoms with E-state index in [9.17, 15) is 10.1 Å². The van der Waals surface area contributed by atoms with Crippen LogP contribution in [0.15, 0.2) is 27.4 Å². The fraction of sp³-hybridized carbons (Fsp3) is 0. The van der Waals surface area contributed by atoms with Crippen LogP contribution in [0, 0.1) is 10.1 Å². The van der Waals surface area contributed by atoms with E-state index in [2.05, 4.69) is 15.9 Å². The smallest absolute Gasteiger partial charge is 0.238 e. The van der Waals surface area contributed by atoms with Crippen molar-refractivity contribution in [2.75, 3.05) is 0 Å². The summed E-state index contributed by atoms with van der Waals surface area (Å²) < 4.78 is 5.58. The minimum atomic E-state index is -0.547. The second kappa shape index (κ2) is 3.34. The highest BCUT2D eigenvalue weighted by molar-refractivity contribution is 9.10. The van der Waals surface area contributed by atoms with Crippen molar-refractivity contribution in [3.05, 3.63) is 38.9 Å². The van der Waals surface area contributed by atoms with E-state index in [1.807, 2.05) is 0 Å². The first-order chi connectivity index (χ1) is 5.20. The summed E-state index contributed by atoms with van der Waals surface area (Å²) in [5, 5.41) is 9.87. The van der Waals surface area contributed by atoms with Gasteiger partial charge in [-0.3, -0.25) is 10.1 Å². The lowest BCUT2D eigenvalue weighted by molar-refractivity contribution is -0.401. The van der Waals surface area contributed by atoms with Gasteiger partial charge >= 0.3 is 0 Å². The molecule has 0 radical (unpaired) electrons. The van der Waals surface area contributed by atoms with Crippen LogP contribution in [0.2, 0.25) is 0 Å². The SMILES string of the molecule is O=[N+]([O-])/C=C/c1occc1Br. The summed E-state index contributed by atoms with van der Waals surface area (Å²) >= 11 is 3.15. The van der Waals surface area contributed by atoms with Crippen LogP contribution in [0.5, 0.6) is 0 Å². The molecule has 11 heavy (non-hydrogen) atoms. The van der Waals surface area contributed by atoms with E-state index in [1.165, 1.54) is 12.3 Å². The van der Waals surface area contributed by atoms with Gasteiger partial charge in [-0.25, -0.2) is 0 Å². The molecule has 58 valence electrons. The number of hydrogen-bond acceptors (Lipinski definition) is 3. The van der Waals surface area contributed by atoms with Gasteiger partial charge in [-0.2, -0.15) is 0 Å². The molecule has 0 unspecified atom stereocenters. The fourth-order valence-corrected chi connectivity index (χ4v) is 0.886. The quantitative estimate of drug-likeness (QED) is 0.565. The molecule has 4 nitrogen and oxygen atoms in total. The van der Waals surface area contributed by atoms with Crippen molar-refractivity contribution in [2.24, 2.45) is 0 Å². The minimum Gasteiger partial charge on any atom is -0.464 e. The molecule has 1 heterocycles. The van der Waals surface area contributed by atoms with Crippen LogP contribution in [-0.2, 0) is 0 Å². The Morgan fingerprint density at radius 1 is 1.73 bits per heavy atom. The molecule has 0 amide bonds. The Balaban J connectivity index is 2.79. The van der Waals surface area contributed by atoms with Crippen molar-refractivity contribution < 1.29 is 9.34 Å². The molecule has 1 rings (SSSR count). The fourth-order valence-electron chi connectivity index (χ4n) is 0.553. The summed E-state index contributed by atoms with van der Waals surface area (Å²) in [5.74, 6) is 0.446. The van der Waals surface area contributed by atoms with E-state index < -0.39 is 4.92 Å². The summed E-state index contributed by atoms with van der Waals surface area (Å²) in [7, 11) is 0. The van der Waals surface area contributed by atoms with Crippen molar-refractivity contribution >= 4 is 22.0 Å². The summed E-state index contributed by atoms with van der Waals surface area (Å²) in [6.45, 7) is 0. The monoisotopic (exact) mass is 217 g/mol. The largest absolute Gasteiger partial charge is 0.464 e. The predicted molar refractivity (Wildman–Crippen MR) is 42.4 cm³/mol. The maximum atomic E-state index is 9.87. The highest BCUT2D eigenvalue weighted by Crippen LogP contribution is 2.18. The second-order valence-electron chi connectivity index (χ2n) is 1.73. The predicted octanol–water partition coefficient (Wildman–Crippen LogP) is 2.29. The van der Waals surface area contributed by atoms with Crippen LogP contribution < -0.4 is 0 Å². The average molecular weight is 218 g/mol. The number of furan rings is 1. The lowest BCUT2D eigenvalue weighted by Gasteiger charge is -1.82. The van der Waals surface area contributed by atoms with Gasteiger partial charge < -0.3 is 4.42 Å². The Bertz CT molecular complexity index is 292. The zero-order valence-electron chi connectivity index (χ0n) is 5.36. The molecular formula is C6H4BrNO3. The zero-order chi connectivity index (χ0) is 8.27. The summed E-state index contributed by atoms with van der Waals surface area (Å²) in [6, 6.07) is 1.67. The van der Waals surface area contributed by atoms with Crippen molar-refractivity contribution in [3.63, 3.8) is 0 Å². The third-order valence-electron chi connectivity index (χ3n) is 0.992. The Labute approximate surface area is 70.8 Å². The van der Waals surface area contributed by atoms with Crippen molar-refractivity contribution in [1.82, 2.24) is 0 Å². The number of nitro groups is 1. The van der Waals surface area contributed by atoms with Crippen molar-refractivity contribution in [2.45, 2.75) is 0 Å². The maximum absolute atomic E-state index is 9.87. The molecule has 0 aliphatic rings. The van der Waals surface area contributed by atoms with Gasteiger partial charge in [0.05, 0.1) is 21.7 Å². The molecule has 0 fully saturated rings. The standard InChI is InChI=1S/C6H4BrNO3/c7-5-2-4-11-6(5)1-3-8(9)10/h1-4H/b3-1+. The van der Waals surface area contributed by atoms with Gasteiger partial charge in [0.25, 0.3) is 0 Å². The highest BCUT2D eigenvalue weighted by Gasteiger charge is 1.99. The van der Waals surface area contributed by atoms with Gasteiger partial charge in [0.15, 0.2) is 0 Å². The molecular weight excluding hydrogens is 214 g/mol. The maximum Gasteiger partial charge on any atom is 0.238 e.